The summed E-state index contributed by atoms with van der Waals surface area (Å²) in [6, 6.07) is 3.70. The summed E-state index contributed by atoms with van der Waals surface area (Å²) < 4.78 is 0.890. The average Bonchev–Trinajstić information content (AvgIpc) is 2.68. The van der Waals surface area contributed by atoms with Gasteiger partial charge in [0.2, 0.25) is 0 Å². The fourth-order valence-electron chi connectivity index (χ4n) is 3.21. The molecule has 2 heterocycles. The molecule has 1 unspecified atom stereocenters. The van der Waals surface area contributed by atoms with Crippen molar-refractivity contribution in [3.63, 3.8) is 0 Å². The van der Waals surface area contributed by atoms with Gasteiger partial charge in [0, 0.05) is 17.6 Å². The van der Waals surface area contributed by atoms with Crippen molar-refractivity contribution in [2.45, 2.75) is 32.6 Å². The van der Waals surface area contributed by atoms with Crippen molar-refractivity contribution < 1.29 is 9.59 Å². The zero-order chi connectivity index (χ0) is 15.0. The number of Topliss-reactive ketones (excluding diaryl/α,β-unsaturated/α-hetero) is 1. The molecule has 1 aromatic carbocycles. The number of carbonyl (C=O) groups excluding carboxylic acids is 2. The smallest absolute Gasteiger partial charge is 0.296 e. The molecule has 5 heteroatoms. The molecule has 1 atom stereocenters. The van der Waals surface area contributed by atoms with Gasteiger partial charge in [-0.2, -0.15) is 0 Å². The lowest BCUT2D eigenvalue weighted by Crippen LogP contribution is -2.24. The molecule has 1 fully saturated rings. The Bertz CT molecular complexity index is 600. The monoisotopic (exact) mass is 350 g/mol. The Balaban J connectivity index is 1.88. The fraction of sp³-hybridized carbons (Fsp3) is 0.500. The molecule has 0 spiro atoms. The zero-order valence-corrected chi connectivity index (χ0v) is 13.7. The molecule has 2 aliphatic rings. The number of nitrogens with zero attached hydrogens (tertiary/aromatic N) is 1. The molecule has 0 aliphatic carbocycles. The maximum atomic E-state index is 11.7. The van der Waals surface area contributed by atoms with Crippen LogP contribution in [0.4, 0.5) is 11.4 Å². The molecule has 3 rings (SSSR count). The first-order chi connectivity index (χ1) is 10.1. The van der Waals surface area contributed by atoms with Crippen LogP contribution in [-0.4, -0.2) is 24.8 Å². The van der Waals surface area contributed by atoms with Crippen molar-refractivity contribution in [1.29, 1.82) is 0 Å². The van der Waals surface area contributed by atoms with Gasteiger partial charge in [-0.3, -0.25) is 9.59 Å². The number of amides is 1. The summed E-state index contributed by atoms with van der Waals surface area (Å²) in [5.74, 6) is -0.167. The van der Waals surface area contributed by atoms with E-state index >= 15 is 0 Å². The van der Waals surface area contributed by atoms with Gasteiger partial charge in [0.05, 0.1) is 16.9 Å². The van der Waals surface area contributed by atoms with Crippen LogP contribution in [0.25, 0.3) is 0 Å². The standard InChI is InChI=1S/C16H19BrN2O2/c1-2-10-4-3-6-19(7-5-10)14-9-13-11(8-12(14)17)15(20)16(21)18-13/h8-10H,2-7H2,1H3,(H,18,20,21). The van der Waals surface area contributed by atoms with Gasteiger partial charge in [0.25, 0.3) is 11.7 Å². The molecule has 0 radical (unpaired) electrons. The van der Waals surface area contributed by atoms with E-state index in [0.717, 1.165) is 29.2 Å². The third kappa shape index (κ3) is 2.71. The van der Waals surface area contributed by atoms with Crippen LogP contribution in [0.2, 0.25) is 0 Å². The van der Waals surface area contributed by atoms with Gasteiger partial charge in [-0.25, -0.2) is 0 Å². The lowest BCUT2D eigenvalue weighted by molar-refractivity contribution is -0.112. The molecular formula is C16H19BrN2O2. The quantitative estimate of drug-likeness (QED) is 0.829. The molecule has 1 saturated heterocycles. The Kier molecular flexibility index (Phi) is 4.02. The van der Waals surface area contributed by atoms with Crippen molar-refractivity contribution >= 4 is 39.0 Å². The normalized spacial score (nSPS) is 22.0. The molecular weight excluding hydrogens is 332 g/mol. The molecule has 0 saturated carbocycles. The topological polar surface area (TPSA) is 49.4 Å². The van der Waals surface area contributed by atoms with E-state index < -0.39 is 11.7 Å². The molecule has 2 aliphatic heterocycles. The fourth-order valence-corrected chi connectivity index (χ4v) is 3.81. The van der Waals surface area contributed by atoms with Crippen LogP contribution in [0.3, 0.4) is 0 Å². The minimum absolute atomic E-state index is 0.445. The average molecular weight is 351 g/mol. The van der Waals surface area contributed by atoms with E-state index in [9.17, 15) is 9.59 Å². The van der Waals surface area contributed by atoms with Gasteiger partial charge in [0.1, 0.15) is 0 Å². The van der Waals surface area contributed by atoms with Crippen LogP contribution < -0.4 is 10.2 Å². The van der Waals surface area contributed by atoms with E-state index in [2.05, 4.69) is 33.1 Å². The number of carbonyl (C=O) groups is 2. The second-order valence-electron chi connectivity index (χ2n) is 5.82. The summed E-state index contributed by atoms with van der Waals surface area (Å²) in [6.45, 7) is 4.31. The van der Waals surface area contributed by atoms with Crippen LogP contribution in [0.1, 0.15) is 43.0 Å². The number of rotatable bonds is 2. The summed E-state index contributed by atoms with van der Waals surface area (Å²) in [4.78, 5) is 25.6. The zero-order valence-electron chi connectivity index (χ0n) is 12.1. The van der Waals surface area contributed by atoms with E-state index in [1.807, 2.05) is 6.07 Å². The Labute approximate surface area is 133 Å². The Morgan fingerprint density at radius 2 is 2.10 bits per heavy atom. The largest absolute Gasteiger partial charge is 0.371 e. The summed E-state index contributed by atoms with van der Waals surface area (Å²) in [5.41, 5.74) is 2.18. The lowest BCUT2D eigenvalue weighted by atomic mass is 9.98. The highest BCUT2D eigenvalue weighted by Gasteiger charge is 2.30. The highest BCUT2D eigenvalue weighted by atomic mass is 79.9. The summed E-state index contributed by atoms with van der Waals surface area (Å²) in [7, 11) is 0. The second-order valence-corrected chi connectivity index (χ2v) is 6.68. The number of halogens is 1. The van der Waals surface area contributed by atoms with E-state index in [4.69, 9.17) is 0 Å². The number of hydrogen-bond acceptors (Lipinski definition) is 3. The minimum atomic E-state index is -0.532. The molecule has 112 valence electrons. The maximum Gasteiger partial charge on any atom is 0.296 e. The minimum Gasteiger partial charge on any atom is -0.371 e. The van der Waals surface area contributed by atoms with Gasteiger partial charge in [-0.1, -0.05) is 13.3 Å². The van der Waals surface area contributed by atoms with Crippen LogP contribution in [0, 0.1) is 5.92 Å². The second kappa shape index (κ2) is 5.79. The number of benzene rings is 1. The van der Waals surface area contributed by atoms with Crippen LogP contribution in [-0.2, 0) is 4.79 Å². The van der Waals surface area contributed by atoms with Crippen molar-refractivity contribution in [1.82, 2.24) is 0 Å². The van der Waals surface area contributed by atoms with Crippen molar-refractivity contribution in [3.05, 3.63) is 22.2 Å². The lowest BCUT2D eigenvalue weighted by Gasteiger charge is -2.25. The predicted octanol–water partition coefficient (Wildman–Crippen LogP) is 3.60. The van der Waals surface area contributed by atoms with Crippen LogP contribution in [0.5, 0.6) is 0 Å². The van der Waals surface area contributed by atoms with E-state index in [-0.39, 0.29) is 0 Å². The number of ketones is 1. The number of hydrogen-bond donors (Lipinski definition) is 1. The van der Waals surface area contributed by atoms with Crippen molar-refractivity contribution in [3.8, 4) is 0 Å². The summed E-state index contributed by atoms with van der Waals surface area (Å²) in [5, 5.41) is 2.65. The Hall–Kier alpha value is -1.36. The van der Waals surface area contributed by atoms with Crippen LogP contribution >= 0.6 is 15.9 Å². The molecule has 1 amide bonds. The predicted molar refractivity (Wildman–Crippen MR) is 86.9 cm³/mol. The van der Waals surface area contributed by atoms with E-state index in [1.165, 1.54) is 25.7 Å². The van der Waals surface area contributed by atoms with Gasteiger partial charge in [-0.15, -0.1) is 0 Å². The first-order valence-corrected chi connectivity index (χ1v) is 8.33. The van der Waals surface area contributed by atoms with Crippen LogP contribution in [0.15, 0.2) is 16.6 Å². The first kappa shape index (κ1) is 14.6. The molecule has 0 bridgehead atoms. The number of fused-ring (bicyclic) bond motifs is 1. The van der Waals surface area contributed by atoms with E-state index in [1.54, 1.807) is 6.07 Å². The van der Waals surface area contributed by atoms with Crippen molar-refractivity contribution in [2.24, 2.45) is 5.92 Å². The maximum absolute atomic E-state index is 11.7. The van der Waals surface area contributed by atoms with Gasteiger partial charge < -0.3 is 10.2 Å². The summed E-state index contributed by atoms with van der Waals surface area (Å²) in [6.07, 6.45) is 4.91. The summed E-state index contributed by atoms with van der Waals surface area (Å²) >= 11 is 3.56. The molecule has 21 heavy (non-hydrogen) atoms. The Morgan fingerprint density at radius 1 is 1.29 bits per heavy atom. The molecule has 1 aromatic rings. The van der Waals surface area contributed by atoms with Crippen molar-refractivity contribution in [2.75, 3.05) is 23.3 Å². The molecule has 4 nitrogen and oxygen atoms in total. The number of nitrogens with one attached hydrogen (secondary N) is 1. The molecule has 0 aromatic heterocycles. The highest BCUT2D eigenvalue weighted by Crippen LogP contribution is 2.36. The first-order valence-electron chi connectivity index (χ1n) is 7.54. The van der Waals surface area contributed by atoms with Gasteiger partial charge >= 0.3 is 0 Å². The SMILES string of the molecule is CCC1CCCN(c2cc3c(cc2Br)C(=O)C(=O)N3)CC1. The van der Waals surface area contributed by atoms with E-state index in [0.29, 0.717) is 11.3 Å². The third-order valence-electron chi connectivity index (χ3n) is 4.55. The number of anilines is 2. The Morgan fingerprint density at radius 3 is 2.86 bits per heavy atom. The van der Waals surface area contributed by atoms with Gasteiger partial charge in [0.15, 0.2) is 0 Å². The van der Waals surface area contributed by atoms with Gasteiger partial charge in [-0.05, 0) is 53.2 Å². The third-order valence-corrected chi connectivity index (χ3v) is 5.19. The highest BCUT2D eigenvalue weighted by molar-refractivity contribution is 9.10. The molecule has 1 N–H and O–H groups in total.